The molecule has 0 aliphatic carbocycles. The average Bonchev–Trinajstić information content (AvgIpc) is 2.53. The fourth-order valence-corrected chi connectivity index (χ4v) is 2.50. The summed E-state index contributed by atoms with van der Waals surface area (Å²) in [5, 5.41) is 3.37. The molecule has 3 rings (SSSR count). The number of ether oxygens (including phenoxy) is 2. The first-order chi connectivity index (χ1) is 9.83. The third-order valence-electron chi connectivity index (χ3n) is 3.53. The van der Waals surface area contributed by atoms with E-state index in [1.807, 2.05) is 18.2 Å². The number of nitrogens with one attached hydrogen (secondary N) is 1. The Morgan fingerprint density at radius 2 is 1.95 bits per heavy atom. The second-order valence-electron chi connectivity index (χ2n) is 4.64. The quantitative estimate of drug-likeness (QED) is 0.922. The van der Waals surface area contributed by atoms with E-state index in [0.717, 1.165) is 42.2 Å². The molecule has 1 N–H and O–H groups in total. The Kier molecular flexibility index (Phi) is 3.52. The number of methoxy groups -OCH3 is 2. The average molecular weight is 271 g/mol. The molecule has 0 saturated carbocycles. The van der Waals surface area contributed by atoms with E-state index < -0.39 is 0 Å². The first-order valence-electron chi connectivity index (χ1n) is 6.59. The Morgan fingerprint density at radius 1 is 1.10 bits per heavy atom. The zero-order chi connectivity index (χ0) is 13.9. The van der Waals surface area contributed by atoms with Crippen molar-refractivity contribution >= 4 is 0 Å². The minimum Gasteiger partial charge on any atom is -0.493 e. The predicted molar refractivity (Wildman–Crippen MR) is 76.0 cm³/mol. The molecule has 0 atom stereocenters. The SMILES string of the molecule is COc1ccc(-c2ncnc3c2CNCC3)cc1OC. The van der Waals surface area contributed by atoms with Crippen LogP contribution in [0.1, 0.15) is 11.3 Å². The van der Waals surface area contributed by atoms with Crippen LogP contribution < -0.4 is 14.8 Å². The van der Waals surface area contributed by atoms with Crippen LogP contribution in [0.3, 0.4) is 0 Å². The molecule has 1 aromatic heterocycles. The second-order valence-corrected chi connectivity index (χ2v) is 4.64. The fourth-order valence-electron chi connectivity index (χ4n) is 2.50. The summed E-state index contributed by atoms with van der Waals surface area (Å²) in [5.74, 6) is 1.43. The van der Waals surface area contributed by atoms with Gasteiger partial charge in [-0.15, -0.1) is 0 Å². The van der Waals surface area contributed by atoms with Crippen molar-refractivity contribution in [1.82, 2.24) is 15.3 Å². The first kappa shape index (κ1) is 12.9. The van der Waals surface area contributed by atoms with Gasteiger partial charge in [0.1, 0.15) is 6.33 Å². The summed E-state index contributed by atoms with van der Waals surface area (Å²) in [6, 6.07) is 5.85. The Hall–Kier alpha value is -2.14. The third kappa shape index (κ3) is 2.20. The van der Waals surface area contributed by atoms with E-state index in [-0.39, 0.29) is 0 Å². The highest BCUT2D eigenvalue weighted by Crippen LogP contribution is 2.33. The molecule has 1 aliphatic heterocycles. The van der Waals surface area contributed by atoms with Gasteiger partial charge in [-0.2, -0.15) is 0 Å². The maximum Gasteiger partial charge on any atom is 0.161 e. The zero-order valence-electron chi connectivity index (χ0n) is 11.6. The van der Waals surface area contributed by atoms with Crippen molar-refractivity contribution in [2.75, 3.05) is 20.8 Å². The lowest BCUT2D eigenvalue weighted by atomic mass is 10.0. The van der Waals surface area contributed by atoms with Crippen LogP contribution in [0.5, 0.6) is 11.5 Å². The van der Waals surface area contributed by atoms with E-state index in [2.05, 4.69) is 15.3 Å². The van der Waals surface area contributed by atoms with Crippen LogP contribution in [0.2, 0.25) is 0 Å². The topological polar surface area (TPSA) is 56.3 Å². The molecule has 1 aromatic carbocycles. The summed E-state index contributed by atoms with van der Waals surface area (Å²) in [5.41, 5.74) is 4.28. The number of nitrogens with zero attached hydrogens (tertiary/aromatic N) is 2. The molecule has 0 fully saturated rings. The smallest absolute Gasteiger partial charge is 0.161 e. The number of benzene rings is 1. The standard InChI is InChI=1S/C15H17N3O2/c1-19-13-4-3-10(7-14(13)20-2)15-11-8-16-6-5-12(11)17-9-18-15/h3-4,7,9,16H,5-6,8H2,1-2H3. The van der Waals surface area contributed by atoms with E-state index in [0.29, 0.717) is 5.75 Å². The number of hydrogen-bond donors (Lipinski definition) is 1. The summed E-state index contributed by atoms with van der Waals surface area (Å²) in [7, 11) is 3.27. The van der Waals surface area contributed by atoms with Crippen LogP contribution in [-0.2, 0) is 13.0 Å². The van der Waals surface area contributed by atoms with Crippen molar-refractivity contribution < 1.29 is 9.47 Å². The van der Waals surface area contributed by atoms with Crippen molar-refractivity contribution in [3.8, 4) is 22.8 Å². The monoisotopic (exact) mass is 271 g/mol. The molecule has 20 heavy (non-hydrogen) atoms. The van der Waals surface area contributed by atoms with Gasteiger partial charge in [0.05, 0.1) is 25.6 Å². The molecule has 0 unspecified atom stereocenters. The van der Waals surface area contributed by atoms with E-state index in [9.17, 15) is 0 Å². The molecule has 0 amide bonds. The summed E-state index contributed by atoms with van der Waals surface area (Å²) in [6.45, 7) is 1.77. The van der Waals surface area contributed by atoms with Gasteiger partial charge in [-0.1, -0.05) is 0 Å². The highest BCUT2D eigenvalue weighted by Gasteiger charge is 2.17. The number of hydrogen-bond acceptors (Lipinski definition) is 5. The Morgan fingerprint density at radius 3 is 2.75 bits per heavy atom. The molecule has 5 heteroatoms. The van der Waals surface area contributed by atoms with Crippen LogP contribution in [-0.4, -0.2) is 30.7 Å². The minimum atomic E-state index is 0.709. The highest BCUT2D eigenvalue weighted by molar-refractivity contribution is 5.67. The van der Waals surface area contributed by atoms with Crippen LogP contribution in [0.15, 0.2) is 24.5 Å². The first-order valence-corrected chi connectivity index (χ1v) is 6.59. The maximum absolute atomic E-state index is 5.36. The van der Waals surface area contributed by atoms with E-state index >= 15 is 0 Å². The summed E-state index contributed by atoms with van der Waals surface area (Å²) in [4.78, 5) is 8.82. The van der Waals surface area contributed by atoms with Gasteiger partial charge in [-0.25, -0.2) is 9.97 Å². The summed E-state index contributed by atoms with van der Waals surface area (Å²) < 4.78 is 10.6. The third-order valence-corrected chi connectivity index (χ3v) is 3.53. The summed E-state index contributed by atoms with van der Waals surface area (Å²) in [6.07, 6.45) is 2.58. The Labute approximate surface area is 118 Å². The van der Waals surface area contributed by atoms with Crippen LogP contribution in [0.25, 0.3) is 11.3 Å². The number of rotatable bonds is 3. The van der Waals surface area contributed by atoms with Crippen molar-refractivity contribution in [2.24, 2.45) is 0 Å². The molecule has 104 valence electrons. The lowest BCUT2D eigenvalue weighted by molar-refractivity contribution is 0.355. The zero-order valence-corrected chi connectivity index (χ0v) is 11.6. The molecule has 0 saturated heterocycles. The Bertz CT molecular complexity index is 629. The van der Waals surface area contributed by atoms with E-state index in [1.165, 1.54) is 5.56 Å². The predicted octanol–water partition coefficient (Wildman–Crippen LogP) is 1.81. The molecule has 2 aromatic rings. The second kappa shape index (κ2) is 5.46. The van der Waals surface area contributed by atoms with Gasteiger partial charge in [-0.05, 0) is 18.2 Å². The normalized spacial score (nSPS) is 13.7. The molecular weight excluding hydrogens is 254 g/mol. The van der Waals surface area contributed by atoms with Crippen molar-refractivity contribution in [1.29, 1.82) is 0 Å². The van der Waals surface area contributed by atoms with Crippen LogP contribution in [0.4, 0.5) is 0 Å². The molecule has 0 radical (unpaired) electrons. The van der Waals surface area contributed by atoms with Crippen molar-refractivity contribution in [3.63, 3.8) is 0 Å². The van der Waals surface area contributed by atoms with Gasteiger partial charge in [0.25, 0.3) is 0 Å². The molecule has 2 heterocycles. The number of aromatic nitrogens is 2. The highest BCUT2D eigenvalue weighted by atomic mass is 16.5. The molecular formula is C15H17N3O2. The molecule has 1 aliphatic rings. The fraction of sp³-hybridized carbons (Fsp3) is 0.333. The molecule has 0 bridgehead atoms. The Balaban J connectivity index is 2.09. The van der Waals surface area contributed by atoms with Crippen LogP contribution >= 0.6 is 0 Å². The molecule has 0 spiro atoms. The van der Waals surface area contributed by atoms with Gasteiger partial charge in [0.2, 0.25) is 0 Å². The lowest BCUT2D eigenvalue weighted by Crippen LogP contribution is -2.25. The van der Waals surface area contributed by atoms with Crippen molar-refractivity contribution in [3.05, 3.63) is 35.8 Å². The largest absolute Gasteiger partial charge is 0.493 e. The van der Waals surface area contributed by atoms with Crippen LogP contribution in [0, 0.1) is 0 Å². The van der Waals surface area contributed by atoms with Gasteiger partial charge in [0, 0.05) is 30.6 Å². The van der Waals surface area contributed by atoms with Gasteiger partial charge >= 0.3 is 0 Å². The number of fused-ring (bicyclic) bond motifs is 1. The van der Waals surface area contributed by atoms with Crippen molar-refractivity contribution in [2.45, 2.75) is 13.0 Å². The van der Waals surface area contributed by atoms with Gasteiger partial charge in [-0.3, -0.25) is 0 Å². The lowest BCUT2D eigenvalue weighted by Gasteiger charge is -2.19. The van der Waals surface area contributed by atoms with E-state index in [4.69, 9.17) is 9.47 Å². The maximum atomic E-state index is 5.36. The van der Waals surface area contributed by atoms with E-state index in [1.54, 1.807) is 20.5 Å². The van der Waals surface area contributed by atoms with Gasteiger partial charge in [0.15, 0.2) is 11.5 Å². The van der Waals surface area contributed by atoms with Gasteiger partial charge < -0.3 is 14.8 Å². The summed E-state index contributed by atoms with van der Waals surface area (Å²) >= 11 is 0. The minimum absolute atomic E-state index is 0.709. The molecule has 5 nitrogen and oxygen atoms in total.